The molecule has 0 N–H and O–H groups in total. The summed E-state index contributed by atoms with van der Waals surface area (Å²) in [7, 11) is 4.15. The van der Waals surface area contributed by atoms with Crippen LogP contribution in [0.25, 0.3) is 0 Å². The third-order valence-corrected chi connectivity index (χ3v) is 7.88. The topological polar surface area (TPSA) is 0 Å². The molecule has 2 atom stereocenters. The van der Waals surface area contributed by atoms with Gasteiger partial charge in [0.2, 0.25) is 0 Å². The molecule has 0 nitrogen and oxygen atoms in total. The minimum atomic E-state index is 0.845. The molecule has 0 saturated carbocycles. The molecule has 0 rings (SSSR count). The van der Waals surface area contributed by atoms with Crippen LogP contribution in [0.1, 0.15) is 53.4 Å². The Labute approximate surface area is 131 Å². The second-order valence-corrected chi connectivity index (χ2v) is 10.4. The molecule has 0 aliphatic heterocycles. The molecule has 4 heteroatoms. The summed E-state index contributed by atoms with van der Waals surface area (Å²) < 4.78 is 0. The van der Waals surface area contributed by atoms with Gasteiger partial charge in [0.1, 0.15) is 0 Å². The molecular formula is C14H30S4. The average Bonchev–Trinajstić information content (AvgIpc) is 2.37. The van der Waals surface area contributed by atoms with Gasteiger partial charge in [0.25, 0.3) is 0 Å². The first-order valence-corrected chi connectivity index (χ1v) is 11.8. The summed E-state index contributed by atoms with van der Waals surface area (Å²) in [4.78, 5) is 0. The number of rotatable bonds is 13. The highest BCUT2D eigenvalue weighted by Crippen LogP contribution is 2.27. The fourth-order valence-corrected chi connectivity index (χ4v) is 5.91. The lowest BCUT2D eigenvalue weighted by Gasteiger charge is -2.11. The van der Waals surface area contributed by atoms with Gasteiger partial charge in [-0.05, 0) is 37.2 Å². The molecule has 2 unspecified atom stereocenters. The zero-order valence-corrected chi connectivity index (χ0v) is 15.7. The predicted octanol–water partition coefficient (Wildman–Crippen LogP) is 6.21. The maximum atomic E-state index is 2.37. The molecule has 0 fully saturated rings. The first-order chi connectivity index (χ1) is 8.70. The summed E-state index contributed by atoms with van der Waals surface area (Å²) in [5.74, 6) is 5.29. The molecule has 0 aromatic heterocycles. The molecule has 0 bridgehead atoms. The van der Waals surface area contributed by atoms with Crippen LogP contribution in [-0.2, 0) is 0 Å². The van der Waals surface area contributed by atoms with Crippen molar-refractivity contribution in [1.82, 2.24) is 0 Å². The second kappa shape index (κ2) is 14.8. The molecule has 0 aromatic carbocycles. The molecule has 110 valence electrons. The standard InChI is InChI=1S/C14H30S4/c1-5-9-15-13(3)7-11-17-18-12-8-14(4)16-10-6-2/h13-14H,5-12H2,1-4H3. The van der Waals surface area contributed by atoms with Gasteiger partial charge < -0.3 is 0 Å². The van der Waals surface area contributed by atoms with E-state index < -0.39 is 0 Å². The van der Waals surface area contributed by atoms with Crippen molar-refractivity contribution in [2.24, 2.45) is 0 Å². The van der Waals surface area contributed by atoms with Crippen molar-refractivity contribution in [1.29, 1.82) is 0 Å². The number of hydrogen-bond acceptors (Lipinski definition) is 4. The highest BCUT2D eigenvalue weighted by Gasteiger charge is 2.04. The molecule has 0 amide bonds. The van der Waals surface area contributed by atoms with Crippen molar-refractivity contribution in [3.05, 3.63) is 0 Å². The largest absolute Gasteiger partial charge is 0.159 e. The summed E-state index contributed by atoms with van der Waals surface area (Å²) >= 11 is 4.26. The summed E-state index contributed by atoms with van der Waals surface area (Å²) in [5, 5.41) is 1.69. The van der Waals surface area contributed by atoms with Gasteiger partial charge in [-0.3, -0.25) is 0 Å². The number of hydrogen-bond donors (Lipinski definition) is 0. The lowest BCUT2D eigenvalue weighted by atomic mass is 10.4. The van der Waals surface area contributed by atoms with Crippen LogP contribution in [0.4, 0.5) is 0 Å². The fourth-order valence-electron chi connectivity index (χ4n) is 1.35. The van der Waals surface area contributed by atoms with E-state index in [0.717, 1.165) is 10.5 Å². The number of thioether (sulfide) groups is 2. The molecule has 0 heterocycles. The van der Waals surface area contributed by atoms with Gasteiger partial charge in [-0.1, -0.05) is 49.3 Å². The van der Waals surface area contributed by atoms with Gasteiger partial charge in [-0.25, -0.2) is 0 Å². The summed E-state index contributed by atoms with van der Waals surface area (Å²) in [6.45, 7) is 9.27. The minimum Gasteiger partial charge on any atom is -0.159 e. The molecule has 0 aromatic rings. The zero-order valence-electron chi connectivity index (χ0n) is 12.4. The molecule has 0 spiro atoms. The van der Waals surface area contributed by atoms with Crippen molar-refractivity contribution >= 4 is 45.1 Å². The smallest absolute Gasteiger partial charge is 0.00473 e. The normalized spacial score (nSPS) is 14.7. The van der Waals surface area contributed by atoms with Crippen LogP contribution in [0.15, 0.2) is 0 Å². The Morgan fingerprint density at radius 2 is 1.06 bits per heavy atom. The van der Waals surface area contributed by atoms with Gasteiger partial charge in [-0.2, -0.15) is 23.5 Å². The molecule has 0 aliphatic rings. The van der Waals surface area contributed by atoms with E-state index in [1.54, 1.807) is 0 Å². The van der Waals surface area contributed by atoms with Crippen molar-refractivity contribution < 1.29 is 0 Å². The van der Waals surface area contributed by atoms with Crippen LogP contribution in [0.3, 0.4) is 0 Å². The van der Waals surface area contributed by atoms with Crippen molar-refractivity contribution in [2.75, 3.05) is 23.0 Å². The van der Waals surface area contributed by atoms with Crippen molar-refractivity contribution in [2.45, 2.75) is 63.9 Å². The Kier molecular flexibility index (Phi) is 16.0. The third kappa shape index (κ3) is 13.8. The van der Waals surface area contributed by atoms with Crippen LogP contribution in [-0.4, -0.2) is 33.5 Å². The van der Waals surface area contributed by atoms with Gasteiger partial charge in [0.05, 0.1) is 0 Å². The van der Waals surface area contributed by atoms with E-state index in [0.29, 0.717) is 0 Å². The Bertz CT molecular complexity index is 146. The molecule has 0 saturated heterocycles. The zero-order chi connectivity index (χ0) is 13.6. The summed E-state index contributed by atoms with van der Waals surface area (Å²) in [6.07, 6.45) is 5.35. The minimum absolute atomic E-state index is 0.845. The van der Waals surface area contributed by atoms with E-state index in [2.05, 4.69) is 72.8 Å². The quantitative estimate of drug-likeness (QED) is 0.291. The van der Waals surface area contributed by atoms with E-state index >= 15 is 0 Å². The first-order valence-electron chi connectivity index (χ1n) is 7.18. The highest BCUT2D eigenvalue weighted by atomic mass is 33.1. The third-order valence-electron chi connectivity index (χ3n) is 2.51. The van der Waals surface area contributed by atoms with Crippen LogP contribution < -0.4 is 0 Å². The van der Waals surface area contributed by atoms with Gasteiger partial charge in [0.15, 0.2) is 0 Å². The van der Waals surface area contributed by atoms with Crippen LogP contribution in [0.5, 0.6) is 0 Å². The van der Waals surface area contributed by atoms with Crippen LogP contribution >= 0.6 is 45.1 Å². The maximum Gasteiger partial charge on any atom is 0.00473 e. The van der Waals surface area contributed by atoms with E-state index in [-0.39, 0.29) is 0 Å². The Morgan fingerprint density at radius 3 is 1.39 bits per heavy atom. The average molecular weight is 327 g/mol. The lowest BCUT2D eigenvalue weighted by Crippen LogP contribution is -2.00. The maximum absolute atomic E-state index is 2.37. The molecular weight excluding hydrogens is 296 g/mol. The Hall–Kier alpha value is 1.40. The monoisotopic (exact) mass is 326 g/mol. The molecule has 18 heavy (non-hydrogen) atoms. The van der Waals surface area contributed by atoms with E-state index in [9.17, 15) is 0 Å². The summed E-state index contributed by atoms with van der Waals surface area (Å²) in [6, 6.07) is 0. The van der Waals surface area contributed by atoms with Gasteiger partial charge in [0, 0.05) is 22.0 Å². The fraction of sp³-hybridized carbons (Fsp3) is 1.00. The van der Waals surface area contributed by atoms with E-state index in [4.69, 9.17) is 0 Å². The second-order valence-electron chi connectivity index (χ2n) is 4.58. The van der Waals surface area contributed by atoms with Gasteiger partial charge in [-0.15, -0.1) is 0 Å². The Morgan fingerprint density at radius 1 is 0.667 bits per heavy atom. The SMILES string of the molecule is CCCSC(C)CCSSCCC(C)SCCC. The Balaban J connectivity index is 3.19. The van der Waals surface area contributed by atoms with E-state index in [1.165, 1.54) is 48.7 Å². The molecule has 0 radical (unpaired) electrons. The first kappa shape index (κ1) is 19.4. The van der Waals surface area contributed by atoms with Crippen LogP contribution in [0, 0.1) is 0 Å². The predicted molar refractivity (Wildman–Crippen MR) is 98.6 cm³/mol. The van der Waals surface area contributed by atoms with Crippen LogP contribution in [0.2, 0.25) is 0 Å². The van der Waals surface area contributed by atoms with Crippen molar-refractivity contribution in [3.8, 4) is 0 Å². The van der Waals surface area contributed by atoms with Crippen molar-refractivity contribution in [3.63, 3.8) is 0 Å². The lowest BCUT2D eigenvalue weighted by molar-refractivity contribution is 0.912. The summed E-state index contributed by atoms with van der Waals surface area (Å²) in [5.41, 5.74) is 0. The van der Waals surface area contributed by atoms with E-state index in [1.807, 2.05) is 0 Å². The van der Waals surface area contributed by atoms with Gasteiger partial charge >= 0.3 is 0 Å². The molecule has 0 aliphatic carbocycles. The highest BCUT2D eigenvalue weighted by molar-refractivity contribution is 8.76.